The molecular formula is C23H26N6O4. The van der Waals surface area contributed by atoms with Crippen molar-refractivity contribution < 1.29 is 19.1 Å². The van der Waals surface area contributed by atoms with Crippen molar-refractivity contribution in [1.82, 2.24) is 20.4 Å². The van der Waals surface area contributed by atoms with E-state index in [2.05, 4.69) is 32.7 Å². The highest BCUT2D eigenvalue weighted by molar-refractivity contribution is 5.99. The largest absolute Gasteiger partial charge is 0.487 e. The molecule has 0 spiro atoms. The van der Waals surface area contributed by atoms with Crippen LogP contribution in [0, 0.1) is 5.92 Å². The Morgan fingerprint density at radius 2 is 2.00 bits per heavy atom. The summed E-state index contributed by atoms with van der Waals surface area (Å²) in [6.45, 7) is 6.75. The molecule has 4 rings (SSSR count). The Labute approximate surface area is 191 Å². The lowest BCUT2D eigenvalue weighted by Gasteiger charge is -2.38. The minimum atomic E-state index is -0.374. The zero-order chi connectivity index (χ0) is 23.4. The Hall–Kier alpha value is -3.95. The smallest absolute Gasteiger partial charge is 0.273 e. The van der Waals surface area contributed by atoms with Crippen molar-refractivity contribution in [2.45, 2.75) is 25.9 Å². The van der Waals surface area contributed by atoms with Crippen molar-refractivity contribution in [3.8, 4) is 5.75 Å². The molecule has 2 aliphatic rings. The molecule has 10 nitrogen and oxygen atoms in total. The number of nitrogens with one attached hydrogen (secondary N) is 3. The van der Waals surface area contributed by atoms with Gasteiger partial charge in [0.1, 0.15) is 11.9 Å². The fraction of sp³-hybridized carbons (Fsp3) is 0.348. The molecule has 1 aromatic carbocycles. The standard InChI is InChI=1S/C23H26N6O4/c1-3-20(30)29-12-17(13-29)33-16-7-5-6-15(10-16)25-18-11-19(26-22(31)14-8-9-14)27-28-21(18)23(32)24-4-2/h3,5-7,10-11,14,17H,1,4,8-9,12-13H2,2H3,(H,24,32)(H2,25,26,27,31). The van der Waals surface area contributed by atoms with Gasteiger partial charge in [-0.15, -0.1) is 10.2 Å². The van der Waals surface area contributed by atoms with Crippen LogP contribution < -0.4 is 20.7 Å². The molecule has 2 fully saturated rings. The molecule has 3 amide bonds. The second kappa shape index (κ2) is 9.68. The third-order valence-electron chi connectivity index (χ3n) is 5.30. The first kappa shape index (κ1) is 22.3. The number of rotatable bonds is 9. The first-order chi connectivity index (χ1) is 16.0. The molecule has 2 heterocycles. The molecular weight excluding hydrogens is 424 g/mol. The predicted octanol–water partition coefficient (Wildman–Crippen LogP) is 2.09. The average molecular weight is 450 g/mol. The molecule has 1 aliphatic heterocycles. The molecule has 0 bridgehead atoms. The number of nitrogens with zero attached hydrogens (tertiary/aromatic N) is 3. The van der Waals surface area contributed by atoms with E-state index < -0.39 is 0 Å². The van der Waals surface area contributed by atoms with E-state index in [9.17, 15) is 14.4 Å². The Morgan fingerprint density at radius 3 is 2.70 bits per heavy atom. The van der Waals surface area contributed by atoms with Crippen LogP contribution in [0.5, 0.6) is 5.75 Å². The van der Waals surface area contributed by atoms with Crippen LogP contribution in [0.3, 0.4) is 0 Å². The molecule has 172 valence electrons. The van der Waals surface area contributed by atoms with Crippen LogP contribution >= 0.6 is 0 Å². The molecule has 0 atom stereocenters. The van der Waals surface area contributed by atoms with Crippen LogP contribution in [0.1, 0.15) is 30.3 Å². The summed E-state index contributed by atoms with van der Waals surface area (Å²) < 4.78 is 5.95. The third-order valence-corrected chi connectivity index (χ3v) is 5.30. The number of anilines is 3. The number of carbonyl (C=O) groups is 3. The quantitative estimate of drug-likeness (QED) is 0.500. The normalized spacial score (nSPS) is 15.2. The zero-order valence-corrected chi connectivity index (χ0v) is 18.3. The summed E-state index contributed by atoms with van der Waals surface area (Å²) >= 11 is 0. The third kappa shape index (κ3) is 5.46. The lowest BCUT2D eigenvalue weighted by Crippen LogP contribution is -2.55. The molecule has 0 unspecified atom stereocenters. The molecule has 0 radical (unpaired) electrons. The van der Waals surface area contributed by atoms with Gasteiger partial charge in [-0.3, -0.25) is 14.4 Å². The maximum atomic E-state index is 12.5. The van der Waals surface area contributed by atoms with E-state index in [1.165, 1.54) is 6.08 Å². The molecule has 1 saturated heterocycles. The van der Waals surface area contributed by atoms with E-state index in [1.807, 2.05) is 25.1 Å². The fourth-order valence-corrected chi connectivity index (χ4v) is 3.35. The summed E-state index contributed by atoms with van der Waals surface area (Å²) in [5.41, 5.74) is 1.19. The number of aromatic nitrogens is 2. The van der Waals surface area contributed by atoms with E-state index in [-0.39, 0.29) is 41.3 Å². The SMILES string of the molecule is C=CC(=O)N1CC(Oc2cccc(Nc3cc(NC(=O)C4CC4)nnc3C(=O)NCC)c2)C1. The average Bonchev–Trinajstić information content (AvgIpc) is 3.62. The number of hydrogen-bond acceptors (Lipinski definition) is 7. The van der Waals surface area contributed by atoms with Gasteiger partial charge in [0.15, 0.2) is 11.5 Å². The monoisotopic (exact) mass is 450 g/mol. The minimum absolute atomic E-state index is 0.0179. The summed E-state index contributed by atoms with van der Waals surface area (Å²) in [5, 5.41) is 16.7. The molecule has 2 aromatic rings. The van der Waals surface area contributed by atoms with Gasteiger partial charge in [0.25, 0.3) is 5.91 Å². The lowest BCUT2D eigenvalue weighted by atomic mass is 10.1. The van der Waals surface area contributed by atoms with Gasteiger partial charge in [-0.25, -0.2) is 0 Å². The zero-order valence-electron chi connectivity index (χ0n) is 18.3. The van der Waals surface area contributed by atoms with Crippen LogP contribution in [0.2, 0.25) is 0 Å². The van der Waals surface area contributed by atoms with Crippen molar-refractivity contribution in [2.24, 2.45) is 5.92 Å². The van der Waals surface area contributed by atoms with Gasteiger partial charge in [-0.1, -0.05) is 12.6 Å². The van der Waals surface area contributed by atoms with Crippen LogP contribution in [-0.4, -0.2) is 58.6 Å². The van der Waals surface area contributed by atoms with Gasteiger partial charge in [0.2, 0.25) is 11.8 Å². The molecule has 3 N–H and O–H groups in total. The Bertz CT molecular complexity index is 1080. The van der Waals surface area contributed by atoms with Gasteiger partial charge in [0.05, 0.1) is 18.8 Å². The number of hydrogen-bond donors (Lipinski definition) is 3. The van der Waals surface area contributed by atoms with Gasteiger partial charge < -0.3 is 25.6 Å². The van der Waals surface area contributed by atoms with E-state index in [1.54, 1.807) is 17.0 Å². The summed E-state index contributed by atoms with van der Waals surface area (Å²) in [5.74, 6) is 0.334. The summed E-state index contributed by atoms with van der Waals surface area (Å²) in [6.07, 6.45) is 2.93. The lowest BCUT2D eigenvalue weighted by molar-refractivity contribution is -0.134. The van der Waals surface area contributed by atoms with Crippen molar-refractivity contribution in [3.05, 3.63) is 48.7 Å². The maximum absolute atomic E-state index is 12.5. The van der Waals surface area contributed by atoms with Gasteiger partial charge >= 0.3 is 0 Å². The highest BCUT2D eigenvalue weighted by atomic mass is 16.5. The summed E-state index contributed by atoms with van der Waals surface area (Å²) in [7, 11) is 0. The number of benzene rings is 1. The summed E-state index contributed by atoms with van der Waals surface area (Å²) in [6, 6.07) is 8.85. The number of likely N-dealkylation sites (tertiary alicyclic amines) is 1. The van der Waals surface area contributed by atoms with E-state index in [4.69, 9.17) is 4.74 Å². The first-order valence-corrected chi connectivity index (χ1v) is 10.9. The number of amides is 3. The molecule has 1 aromatic heterocycles. The Morgan fingerprint density at radius 1 is 1.21 bits per heavy atom. The van der Waals surface area contributed by atoms with Gasteiger partial charge in [0, 0.05) is 30.3 Å². The highest BCUT2D eigenvalue weighted by Crippen LogP contribution is 2.31. The maximum Gasteiger partial charge on any atom is 0.273 e. The Balaban J connectivity index is 1.48. The van der Waals surface area contributed by atoms with Crippen LogP contribution in [0.15, 0.2) is 43.0 Å². The van der Waals surface area contributed by atoms with Crippen LogP contribution in [0.4, 0.5) is 17.2 Å². The van der Waals surface area contributed by atoms with Crippen molar-refractivity contribution in [1.29, 1.82) is 0 Å². The molecule has 10 heteroatoms. The first-order valence-electron chi connectivity index (χ1n) is 10.9. The second-order valence-electron chi connectivity index (χ2n) is 7.95. The van der Waals surface area contributed by atoms with E-state index >= 15 is 0 Å². The topological polar surface area (TPSA) is 126 Å². The molecule has 33 heavy (non-hydrogen) atoms. The van der Waals surface area contributed by atoms with E-state index in [0.29, 0.717) is 36.8 Å². The van der Waals surface area contributed by atoms with Crippen molar-refractivity contribution in [3.63, 3.8) is 0 Å². The van der Waals surface area contributed by atoms with Crippen LogP contribution in [-0.2, 0) is 9.59 Å². The molecule has 1 saturated carbocycles. The number of carbonyl (C=O) groups excluding carboxylic acids is 3. The van der Waals surface area contributed by atoms with Gasteiger partial charge in [-0.2, -0.15) is 0 Å². The highest BCUT2D eigenvalue weighted by Gasteiger charge is 2.31. The van der Waals surface area contributed by atoms with Crippen molar-refractivity contribution in [2.75, 3.05) is 30.3 Å². The second-order valence-corrected chi connectivity index (χ2v) is 7.95. The van der Waals surface area contributed by atoms with Gasteiger partial charge in [-0.05, 0) is 38.0 Å². The number of ether oxygens (including phenoxy) is 1. The summed E-state index contributed by atoms with van der Waals surface area (Å²) in [4.78, 5) is 37.8. The predicted molar refractivity (Wildman–Crippen MR) is 122 cm³/mol. The van der Waals surface area contributed by atoms with Crippen LogP contribution in [0.25, 0.3) is 0 Å². The van der Waals surface area contributed by atoms with E-state index in [0.717, 1.165) is 12.8 Å². The Kier molecular flexibility index (Phi) is 6.53. The fourth-order valence-electron chi connectivity index (χ4n) is 3.35. The minimum Gasteiger partial charge on any atom is -0.487 e. The molecule has 1 aliphatic carbocycles. The van der Waals surface area contributed by atoms with Crippen molar-refractivity contribution >= 4 is 34.9 Å².